The average molecular weight is 288 g/mol. The fourth-order valence-electron chi connectivity index (χ4n) is 1.45. The van der Waals surface area contributed by atoms with E-state index in [-0.39, 0.29) is 30.1 Å². The van der Waals surface area contributed by atoms with Gasteiger partial charge in [0.05, 0.1) is 7.11 Å². The van der Waals surface area contributed by atoms with Gasteiger partial charge in [0.2, 0.25) is 0 Å². The van der Waals surface area contributed by atoms with Crippen LogP contribution < -0.4 is 10.5 Å². The number of nitrogens with two attached hydrogens (primary N) is 1. The second kappa shape index (κ2) is 6.80. The summed E-state index contributed by atoms with van der Waals surface area (Å²) in [5.41, 5.74) is 5.57. The molecule has 0 saturated carbocycles. The summed E-state index contributed by atoms with van der Waals surface area (Å²) in [4.78, 5) is 0. The van der Waals surface area contributed by atoms with E-state index in [1.54, 1.807) is 0 Å². The van der Waals surface area contributed by atoms with Gasteiger partial charge in [0.25, 0.3) is 0 Å². The van der Waals surface area contributed by atoms with Crippen LogP contribution in [0.15, 0.2) is 18.2 Å². The molecule has 104 valence electrons. The number of methoxy groups -OCH3 is 1. The number of ether oxygens (including phenoxy) is 1. The van der Waals surface area contributed by atoms with Crippen LogP contribution in [0.25, 0.3) is 0 Å². The van der Waals surface area contributed by atoms with E-state index in [1.807, 2.05) is 0 Å². The Kier molecular flexibility index (Phi) is 6.42. The molecule has 1 aromatic carbocycles. The lowest BCUT2D eigenvalue weighted by Crippen LogP contribution is -2.17. The van der Waals surface area contributed by atoms with Crippen LogP contribution in [0.2, 0.25) is 0 Å². The van der Waals surface area contributed by atoms with Crippen LogP contribution in [0, 0.1) is 5.82 Å². The number of hydrogen-bond donors (Lipinski definition) is 1. The SMILES string of the molecule is COc1cccc([C@H](N)CCC(F)(F)F)c1F.Cl. The first kappa shape index (κ1) is 17.0. The minimum Gasteiger partial charge on any atom is -0.494 e. The molecule has 18 heavy (non-hydrogen) atoms. The van der Waals surface area contributed by atoms with Gasteiger partial charge in [-0.05, 0) is 12.5 Å². The van der Waals surface area contributed by atoms with Gasteiger partial charge >= 0.3 is 6.18 Å². The highest BCUT2D eigenvalue weighted by Crippen LogP contribution is 2.29. The molecule has 1 atom stereocenters. The standard InChI is InChI=1S/C11H13F4NO.ClH/c1-17-9-4-2-3-7(10(9)12)8(16)5-6-11(13,14)15;/h2-4,8H,5-6,16H2,1H3;1H/t8-;/m1./s1. The number of hydrogen-bond acceptors (Lipinski definition) is 2. The van der Waals surface area contributed by atoms with Crippen LogP contribution in [-0.2, 0) is 0 Å². The van der Waals surface area contributed by atoms with Gasteiger partial charge in [-0.2, -0.15) is 13.2 Å². The first-order valence-electron chi connectivity index (χ1n) is 5.00. The first-order chi connectivity index (χ1) is 7.85. The maximum absolute atomic E-state index is 13.7. The Labute approximate surface area is 109 Å². The van der Waals surface area contributed by atoms with Crippen molar-refractivity contribution in [1.29, 1.82) is 0 Å². The first-order valence-corrected chi connectivity index (χ1v) is 5.00. The third-order valence-corrected chi connectivity index (χ3v) is 2.35. The summed E-state index contributed by atoms with van der Waals surface area (Å²) >= 11 is 0. The van der Waals surface area contributed by atoms with Crippen molar-refractivity contribution in [3.05, 3.63) is 29.6 Å². The van der Waals surface area contributed by atoms with E-state index in [1.165, 1.54) is 25.3 Å². The lowest BCUT2D eigenvalue weighted by molar-refractivity contribution is -0.136. The number of alkyl halides is 3. The molecule has 0 radical (unpaired) electrons. The molecule has 1 aromatic rings. The molecular formula is C11H14ClF4NO. The van der Waals surface area contributed by atoms with Crippen molar-refractivity contribution in [3.63, 3.8) is 0 Å². The minimum absolute atomic E-state index is 0. The van der Waals surface area contributed by atoms with Crippen LogP contribution in [0.1, 0.15) is 24.4 Å². The lowest BCUT2D eigenvalue weighted by Gasteiger charge is -2.15. The molecule has 0 saturated heterocycles. The molecule has 0 bridgehead atoms. The molecule has 0 fully saturated rings. The summed E-state index contributed by atoms with van der Waals surface area (Å²) in [6, 6.07) is 3.24. The van der Waals surface area contributed by atoms with Gasteiger partial charge < -0.3 is 10.5 Å². The quantitative estimate of drug-likeness (QED) is 0.859. The third-order valence-electron chi connectivity index (χ3n) is 2.35. The monoisotopic (exact) mass is 287 g/mol. The van der Waals surface area contributed by atoms with Gasteiger partial charge in [0.15, 0.2) is 11.6 Å². The zero-order valence-electron chi connectivity index (χ0n) is 9.63. The summed E-state index contributed by atoms with van der Waals surface area (Å²) in [7, 11) is 1.28. The van der Waals surface area contributed by atoms with E-state index in [4.69, 9.17) is 10.5 Å². The van der Waals surface area contributed by atoms with Crippen LogP contribution in [-0.4, -0.2) is 13.3 Å². The number of rotatable bonds is 4. The van der Waals surface area contributed by atoms with Crippen molar-refractivity contribution in [1.82, 2.24) is 0 Å². The predicted octanol–water partition coefficient (Wildman–Crippen LogP) is 3.60. The van der Waals surface area contributed by atoms with Crippen molar-refractivity contribution in [2.24, 2.45) is 5.73 Å². The highest BCUT2D eigenvalue weighted by molar-refractivity contribution is 5.85. The Hall–Kier alpha value is -1.01. The fraction of sp³-hybridized carbons (Fsp3) is 0.455. The summed E-state index contributed by atoms with van der Waals surface area (Å²) in [6.45, 7) is 0. The predicted molar refractivity (Wildman–Crippen MR) is 62.4 cm³/mol. The largest absolute Gasteiger partial charge is 0.494 e. The van der Waals surface area contributed by atoms with E-state index in [2.05, 4.69) is 0 Å². The molecular weight excluding hydrogens is 274 g/mol. The van der Waals surface area contributed by atoms with Gasteiger partial charge in [-0.15, -0.1) is 12.4 Å². The zero-order chi connectivity index (χ0) is 13.1. The van der Waals surface area contributed by atoms with E-state index in [9.17, 15) is 17.6 Å². The molecule has 0 amide bonds. The molecule has 2 N–H and O–H groups in total. The van der Waals surface area contributed by atoms with Crippen LogP contribution in [0.3, 0.4) is 0 Å². The topological polar surface area (TPSA) is 35.2 Å². The minimum atomic E-state index is -4.28. The molecule has 0 aliphatic carbocycles. The third kappa shape index (κ3) is 4.70. The summed E-state index contributed by atoms with van der Waals surface area (Å²) in [6.07, 6.45) is -5.68. The van der Waals surface area contributed by atoms with Gasteiger partial charge in [0.1, 0.15) is 0 Å². The summed E-state index contributed by atoms with van der Waals surface area (Å²) in [5, 5.41) is 0. The van der Waals surface area contributed by atoms with E-state index >= 15 is 0 Å². The Morgan fingerprint density at radius 2 is 1.94 bits per heavy atom. The van der Waals surface area contributed by atoms with Crippen molar-refractivity contribution in [2.45, 2.75) is 25.1 Å². The fourth-order valence-corrected chi connectivity index (χ4v) is 1.45. The van der Waals surface area contributed by atoms with E-state index < -0.39 is 24.5 Å². The van der Waals surface area contributed by atoms with Crippen molar-refractivity contribution >= 4 is 12.4 Å². The number of halogens is 5. The highest BCUT2D eigenvalue weighted by Gasteiger charge is 2.28. The van der Waals surface area contributed by atoms with Crippen LogP contribution in [0.4, 0.5) is 17.6 Å². The van der Waals surface area contributed by atoms with Crippen LogP contribution >= 0.6 is 12.4 Å². The van der Waals surface area contributed by atoms with Gasteiger partial charge in [-0.3, -0.25) is 0 Å². The van der Waals surface area contributed by atoms with E-state index in [0.717, 1.165) is 0 Å². The normalized spacial score (nSPS) is 12.8. The molecule has 0 unspecified atom stereocenters. The molecule has 2 nitrogen and oxygen atoms in total. The smallest absolute Gasteiger partial charge is 0.389 e. The second-order valence-electron chi connectivity index (χ2n) is 3.62. The van der Waals surface area contributed by atoms with Gasteiger partial charge in [-0.1, -0.05) is 12.1 Å². The Morgan fingerprint density at radius 1 is 1.33 bits per heavy atom. The van der Waals surface area contributed by atoms with Crippen molar-refractivity contribution < 1.29 is 22.3 Å². The number of benzene rings is 1. The molecule has 0 heterocycles. The maximum atomic E-state index is 13.7. The molecule has 7 heteroatoms. The molecule has 0 aromatic heterocycles. The molecule has 1 rings (SSSR count). The molecule has 0 spiro atoms. The maximum Gasteiger partial charge on any atom is 0.389 e. The van der Waals surface area contributed by atoms with Gasteiger partial charge in [0, 0.05) is 18.0 Å². The Balaban J connectivity index is 0.00000289. The van der Waals surface area contributed by atoms with Gasteiger partial charge in [-0.25, -0.2) is 4.39 Å². The Morgan fingerprint density at radius 3 is 2.44 bits per heavy atom. The molecule has 0 aliphatic heterocycles. The molecule has 0 aliphatic rings. The summed E-state index contributed by atoms with van der Waals surface area (Å²) < 4.78 is 54.4. The second-order valence-corrected chi connectivity index (χ2v) is 3.62. The summed E-state index contributed by atoms with van der Waals surface area (Å²) in [5.74, 6) is -0.727. The van der Waals surface area contributed by atoms with Crippen LogP contribution in [0.5, 0.6) is 5.75 Å². The highest BCUT2D eigenvalue weighted by atomic mass is 35.5. The lowest BCUT2D eigenvalue weighted by atomic mass is 10.0. The average Bonchev–Trinajstić information content (AvgIpc) is 2.25. The van der Waals surface area contributed by atoms with Crippen molar-refractivity contribution in [2.75, 3.05) is 7.11 Å². The van der Waals surface area contributed by atoms with E-state index in [0.29, 0.717) is 0 Å². The Bertz CT molecular complexity index is 384. The van der Waals surface area contributed by atoms with Crippen molar-refractivity contribution in [3.8, 4) is 5.75 Å². The zero-order valence-corrected chi connectivity index (χ0v) is 10.4.